The second-order valence-corrected chi connectivity index (χ2v) is 9.42. The summed E-state index contributed by atoms with van der Waals surface area (Å²) >= 11 is 1.44. The fraction of sp³-hybridized carbons (Fsp3) is 0.400. The zero-order chi connectivity index (χ0) is 22.5. The molecule has 0 fully saturated rings. The highest BCUT2D eigenvalue weighted by Crippen LogP contribution is 2.27. The molecule has 0 unspecified atom stereocenters. The maximum Gasteiger partial charge on any atom is 0.234 e. The zero-order valence-electron chi connectivity index (χ0n) is 19.0. The molecule has 0 spiro atoms. The van der Waals surface area contributed by atoms with Gasteiger partial charge in [-0.15, -0.1) is 10.2 Å². The molecule has 1 aliphatic carbocycles. The first-order valence-electron chi connectivity index (χ1n) is 11.2. The van der Waals surface area contributed by atoms with Gasteiger partial charge in [0, 0.05) is 5.69 Å². The average molecular weight is 450 g/mol. The second-order valence-electron chi connectivity index (χ2n) is 8.47. The number of carbonyl (C=O) groups is 1. The van der Waals surface area contributed by atoms with Gasteiger partial charge in [0.05, 0.1) is 18.3 Å². The molecule has 0 aliphatic heterocycles. The molecular formula is C25H31N5OS. The maximum atomic E-state index is 12.7. The minimum absolute atomic E-state index is 0.0246. The number of hydrogen-bond donors (Lipinski definition) is 1. The van der Waals surface area contributed by atoms with Gasteiger partial charge in [-0.25, -0.2) is 0 Å². The minimum Gasteiger partial charge on any atom is -0.325 e. The molecule has 1 atom stereocenters. The fourth-order valence-corrected chi connectivity index (χ4v) is 5.07. The molecule has 168 valence electrons. The van der Waals surface area contributed by atoms with Crippen LogP contribution in [0.4, 0.5) is 5.69 Å². The van der Waals surface area contributed by atoms with Gasteiger partial charge in [0.25, 0.3) is 0 Å². The van der Waals surface area contributed by atoms with Gasteiger partial charge in [0.1, 0.15) is 0 Å². The number of aromatic nitrogens is 3. The van der Waals surface area contributed by atoms with E-state index in [2.05, 4.69) is 70.3 Å². The van der Waals surface area contributed by atoms with Gasteiger partial charge >= 0.3 is 0 Å². The third-order valence-corrected chi connectivity index (χ3v) is 6.92. The number of rotatable bonds is 9. The first-order chi connectivity index (χ1) is 15.5. The lowest BCUT2D eigenvalue weighted by molar-refractivity contribution is -0.113. The summed E-state index contributed by atoms with van der Waals surface area (Å²) in [5.74, 6) is 1.20. The Balaban J connectivity index is 1.48. The van der Waals surface area contributed by atoms with Crippen LogP contribution in [0.1, 0.15) is 48.3 Å². The summed E-state index contributed by atoms with van der Waals surface area (Å²) in [6.07, 6.45) is 4.38. The number of nitrogens with one attached hydrogen (secondary N) is 1. The number of hydrogen-bond acceptors (Lipinski definition) is 5. The van der Waals surface area contributed by atoms with E-state index < -0.39 is 0 Å². The van der Waals surface area contributed by atoms with Crippen LogP contribution in [0.5, 0.6) is 0 Å². The Bertz CT molecular complexity index is 1060. The van der Waals surface area contributed by atoms with Crippen LogP contribution in [-0.2, 0) is 24.2 Å². The van der Waals surface area contributed by atoms with E-state index in [9.17, 15) is 4.79 Å². The molecule has 3 aromatic rings. The number of nitrogens with zero attached hydrogens (tertiary/aromatic N) is 4. The number of anilines is 1. The van der Waals surface area contributed by atoms with E-state index >= 15 is 0 Å². The number of fused-ring (bicyclic) bond motifs is 1. The van der Waals surface area contributed by atoms with Crippen molar-refractivity contribution in [2.24, 2.45) is 0 Å². The number of aryl methyl sites for hydroxylation is 2. The molecule has 1 amide bonds. The molecule has 4 rings (SSSR count). The molecule has 32 heavy (non-hydrogen) atoms. The van der Waals surface area contributed by atoms with Crippen molar-refractivity contribution < 1.29 is 4.79 Å². The third kappa shape index (κ3) is 5.22. The molecular weight excluding hydrogens is 418 g/mol. The van der Waals surface area contributed by atoms with E-state index in [0.29, 0.717) is 12.3 Å². The Morgan fingerprint density at radius 1 is 1.12 bits per heavy atom. The molecule has 0 saturated carbocycles. The Morgan fingerprint density at radius 3 is 2.66 bits per heavy atom. The van der Waals surface area contributed by atoms with Crippen molar-refractivity contribution in [2.45, 2.75) is 50.4 Å². The van der Waals surface area contributed by atoms with E-state index in [4.69, 9.17) is 0 Å². The van der Waals surface area contributed by atoms with Crippen molar-refractivity contribution in [2.75, 3.05) is 25.2 Å². The number of thioether (sulfide) groups is 1. The van der Waals surface area contributed by atoms with Gasteiger partial charge in [0.15, 0.2) is 11.0 Å². The Labute approximate surface area is 194 Å². The van der Waals surface area contributed by atoms with Crippen molar-refractivity contribution in [3.05, 3.63) is 71.0 Å². The van der Waals surface area contributed by atoms with E-state index in [1.54, 1.807) is 0 Å². The van der Waals surface area contributed by atoms with Crippen LogP contribution in [0.25, 0.3) is 0 Å². The van der Waals surface area contributed by atoms with Gasteiger partial charge in [-0.05, 0) is 68.6 Å². The van der Waals surface area contributed by atoms with E-state index in [0.717, 1.165) is 35.9 Å². The van der Waals surface area contributed by atoms with E-state index in [1.165, 1.54) is 34.9 Å². The highest BCUT2D eigenvalue weighted by molar-refractivity contribution is 7.99. The van der Waals surface area contributed by atoms with Gasteiger partial charge in [-0.3, -0.25) is 9.69 Å². The summed E-state index contributed by atoms with van der Waals surface area (Å²) in [6, 6.07) is 16.7. The van der Waals surface area contributed by atoms with Crippen LogP contribution in [0, 0.1) is 0 Å². The Kier molecular flexibility index (Phi) is 7.27. The van der Waals surface area contributed by atoms with E-state index in [-0.39, 0.29) is 11.9 Å². The Morgan fingerprint density at radius 2 is 1.91 bits per heavy atom. The Hall–Kier alpha value is -2.64. The molecule has 0 saturated heterocycles. The quantitative estimate of drug-likeness (QED) is 0.485. The normalized spacial score (nSPS) is 13.9. The lowest BCUT2D eigenvalue weighted by atomic mass is 10.1. The summed E-state index contributed by atoms with van der Waals surface area (Å²) in [7, 11) is 4.12. The monoisotopic (exact) mass is 449 g/mol. The molecule has 1 N–H and O–H groups in total. The predicted octanol–water partition coefficient (Wildman–Crippen LogP) is 4.56. The molecule has 1 heterocycles. The van der Waals surface area contributed by atoms with Crippen molar-refractivity contribution in [3.8, 4) is 0 Å². The SMILES string of the molecule is CC[C@H](c1nnc(SCC(=O)Nc2ccc3c(c2)CCC3)n1Cc1ccccc1)N(C)C. The predicted molar refractivity (Wildman–Crippen MR) is 130 cm³/mol. The lowest BCUT2D eigenvalue weighted by Crippen LogP contribution is -2.23. The third-order valence-electron chi connectivity index (χ3n) is 5.95. The number of carbonyl (C=O) groups excluding carboxylic acids is 1. The van der Waals surface area contributed by atoms with Crippen molar-refractivity contribution in [1.29, 1.82) is 0 Å². The smallest absolute Gasteiger partial charge is 0.234 e. The van der Waals surface area contributed by atoms with Gasteiger partial charge in [-0.2, -0.15) is 0 Å². The highest BCUT2D eigenvalue weighted by atomic mass is 32.2. The average Bonchev–Trinajstić information content (AvgIpc) is 3.40. The van der Waals surface area contributed by atoms with Gasteiger partial charge in [-0.1, -0.05) is 55.1 Å². The van der Waals surface area contributed by atoms with Crippen LogP contribution in [0.3, 0.4) is 0 Å². The molecule has 0 radical (unpaired) electrons. The highest BCUT2D eigenvalue weighted by Gasteiger charge is 2.22. The van der Waals surface area contributed by atoms with Gasteiger partial charge < -0.3 is 9.88 Å². The largest absolute Gasteiger partial charge is 0.325 e. The van der Waals surface area contributed by atoms with Crippen LogP contribution in [0.2, 0.25) is 0 Å². The summed E-state index contributed by atoms with van der Waals surface area (Å²) in [4.78, 5) is 14.8. The van der Waals surface area contributed by atoms with Crippen LogP contribution < -0.4 is 5.32 Å². The van der Waals surface area contributed by atoms with Crippen molar-refractivity contribution >= 4 is 23.4 Å². The standard InChI is InChI=1S/C25H31N5OS/c1-4-22(29(2)3)24-27-28-25(30(24)16-18-9-6-5-7-10-18)32-17-23(31)26-21-14-13-19-11-8-12-20(19)15-21/h5-7,9-10,13-15,22H,4,8,11-12,16-17H2,1-3H3,(H,26,31)/t22-/m1/s1. The zero-order valence-corrected chi connectivity index (χ0v) is 19.9. The number of amides is 1. The lowest BCUT2D eigenvalue weighted by Gasteiger charge is -2.23. The van der Waals surface area contributed by atoms with Crippen molar-refractivity contribution in [1.82, 2.24) is 19.7 Å². The molecule has 0 bridgehead atoms. The summed E-state index contributed by atoms with van der Waals surface area (Å²) in [6.45, 7) is 2.84. The summed E-state index contributed by atoms with van der Waals surface area (Å²) in [5, 5.41) is 12.8. The first kappa shape index (κ1) is 22.6. The molecule has 2 aromatic carbocycles. The van der Waals surface area contributed by atoms with Gasteiger partial charge in [0.2, 0.25) is 5.91 Å². The van der Waals surface area contributed by atoms with Crippen LogP contribution >= 0.6 is 11.8 Å². The van der Waals surface area contributed by atoms with E-state index in [1.807, 2.05) is 24.3 Å². The second kappa shape index (κ2) is 10.3. The number of benzene rings is 2. The molecule has 1 aliphatic rings. The van der Waals surface area contributed by atoms with Crippen LogP contribution in [0.15, 0.2) is 53.7 Å². The molecule has 7 heteroatoms. The minimum atomic E-state index is -0.0246. The summed E-state index contributed by atoms with van der Waals surface area (Å²) in [5.41, 5.74) is 4.83. The first-order valence-corrected chi connectivity index (χ1v) is 12.2. The molecule has 6 nitrogen and oxygen atoms in total. The fourth-order valence-electron chi connectivity index (χ4n) is 4.32. The maximum absolute atomic E-state index is 12.7. The topological polar surface area (TPSA) is 63.1 Å². The van der Waals surface area contributed by atoms with Crippen molar-refractivity contribution in [3.63, 3.8) is 0 Å². The molecule has 1 aromatic heterocycles. The summed E-state index contributed by atoms with van der Waals surface area (Å²) < 4.78 is 2.15. The van der Waals surface area contributed by atoms with Crippen LogP contribution in [-0.4, -0.2) is 45.4 Å².